The number of esters is 1. The molecule has 0 aliphatic heterocycles. The maximum Gasteiger partial charge on any atom is 0.340 e. The zero-order valence-electron chi connectivity index (χ0n) is 11.6. The smallest absolute Gasteiger partial charge is 0.340 e. The molecule has 0 aliphatic carbocycles. The largest absolute Gasteiger partial charge is 0.491 e. The zero-order chi connectivity index (χ0) is 14.3. The Kier molecular flexibility index (Phi) is 6.15. The molecule has 0 unspecified atom stereocenters. The van der Waals surface area contributed by atoms with Gasteiger partial charge in [0.1, 0.15) is 12.4 Å². The van der Waals surface area contributed by atoms with Crippen molar-refractivity contribution >= 4 is 11.7 Å². The van der Waals surface area contributed by atoms with E-state index in [1.54, 1.807) is 25.1 Å². The number of carbonyl (C=O) groups excluding carboxylic acids is 1. The first-order valence-corrected chi connectivity index (χ1v) is 6.35. The predicted octanol–water partition coefficient (Wildman–Crippen LogP) is 2.25. The van der Waals surface area contributed by atoms with Gasteiger partial charge in [0.25, 0.3) is 0 Å². The normalized spacial score (nSPS) is 10.5. The fraction of sp³-hybridized carbons (Fsp3) is 0.500. The van der Waals surface area contributed by atoms with Crippen molar-refractivity contribution in [2.45, 2.75) is 26.9 Å². The number of hydrogen-bond donors (Lipinski definition) is 1. The van der Waals surface area contributed by atoms with Gasteiger partial charge in [-0.3, -0.25) is 0 Å². The number of ether oxygens (including phenoxy) is 3. The Balaban J connectivity index is 2.60. The second kappa shape index (κ2) is 7.63. The summed E-state index contributed by atoms with van der Waals surface area (Å²) in [6, 6.07) is 4.93. The van der Waals surface area contributed by atoms with Crippen LogP contribution in [0.4, 0.5) is 5.69 Å². The standard InChI is InChI=1S/C14H21NO4/c1-4-17-14(16)12-9-11(5-6-13(12)15)19-8-7-18-10(2)3/h5-6,9-10H,4,7-8,15H2,1-3H3. The van der Waals surface area contributed by atoms with Crippen LogP contribution in [-0.2, 0) is 9.47 Å². The van der Waals surface area contributed by atoms with E-state index in [4.69, 9.17) is 19.9 Å². The summed E-state index contributed by atoms with van der Waals surface area (Å²) in [6.45, 7) is 6.90. The molecule has 5 heteroatoms. The summed E-state index contributed by atoms with van der Waals surface area (Å²) in [5.41, 5.74) is 6.44. The number of rotatable bonds is 7. The first-order valence-electron chi connectivity index (χ1n) is 6.35. The van der Waals surface area contributed by atoms with Crippen LogP contribution in [0, 0.1) is 0 Å². The van der Waals surface area contributed by atoms with E-state index in [9.17, 15) is 4.79 Å². The molecule has 0 atom stereocenters. The van der Waals surface area contributed by atoms with E-state index < -0.39 is 5.97 Å². The molecule has 0 fully saturated rings. The topological polar surface area (TPSA) is 70.8 Å². The molecule has 1 rings (SSSR count). The van der Waals surface area contributed by atoms with Crippen molar-refractivity contribution in [1.82, 2.24) is 0 Å². The van der Waals surface area contributed by atoms with Crippen molar-refractivity contribution < 1.29 is 19.0 Å². The summed E-state index contributed by atoms with van der Waals surface area (Å²) in [5, 5.41) is 0. The van der Waals surface area contributed by atoms with Gasteiger partial charge in [-0.15, -0.1) is 0 Å². The highest BCUT2D eigenvalue weighted by Gasteiger charge is 2.12. The van der Waals surface area contributed by atoms with Crippen LogP contribution < -0.4 is 10.5 Å². The fourth-order valence-electron chi connectivity index (χ4n) is 1.45. The lowest BCUT2D eigenvalue weighted by Gasteiger charge is -2.11. The average molecular weight is 267 g/mol. The van der Waals surface area contributed by atoms with Crippen molar-refractivity contribution in [3.8, 4) is 5.75 Å². The van der Waals surface area contributed by atoms with Gasteiger partial charge in [0.05, 0.1) is 24.9 Å². The molecule has 19 heavy (non-hydrogen) atoms. The Hall–Kier alpha value is -1.75. The van der Waals surface area contributed by atoms with E-state index in [2.05, 4.69) is 0 Å². The molecule has 1 aromatic rings. The molecule has 0 bridgehead atoms. The minimum atomic E-state index is -0.441. The molecular formula is C14H21NO4. The molecule has 0 radical (unpaired) electrons. The summed E-state index contributed by atoms with van der Waals surface area (Å²) in [7, 11) is 0. The van der Waals surface area contributed by atoms with Gasteiger partial charge in [0, 0.05) is 5.69 Å². The molecule has 0 heterocycles. The summed E-state index contributed by atoms with van der Waals surface area (Å²) in [4.78, 5) is 11.7. The number of nitrogens with two attached hydrogens (primary N) is 1. The minimum Gasteiger partial charge on any atom is -0.491 e. The molecule has 5 nitrogen and oxygen atoms in total. The van der Waals surface area contributed by atoms with Gasteiger partial charge in [0.2, 0.25) is 0 Å². The van der Waals surface area contributed by atoms with Gasteiger partial charge in [-0.25, -0.2) is 4.79 Å². The second-order valence-corrected chi connectivity index (χ2v) is 4.24. The van der Waals surface area contributed by atoms with Crippen molar-refractivity contribution in [1.29, 1.82) is 0 Å². The SMILES string of the molecule is CCOC(=O)c1cc(OCCOC(C)C)ccc1N. The van der Waals surface area contributed by atoms with Gasteiger partial charge in [-0.1, -0.05) is 0 Å². The van der Waals surface area contributed by atoms with E-state index >= 15 is 0 Å². The maximum atomic E-state index is 11.7. The average Bonchev–Trinajstić information content (AvgIpc) is 2.36. The zero-order valence-corrected chi connectivity index (χ0v) is 11.6. The lowest BCUT2D eigenvalue weighted by atomic mass is 10.2. The van der Waals surface area contributed by atoms with Crippen LogP contribution in [0.15, 0.2) is 18.2 Å². The summed E-state index contributed by atoms with van der Waals surface area (Å²) in [5.74, 6) is 0.133. The first-order chi connectivity index (χ1) is 9.04. The fourth-order valence-corrected chi connectivity index (χ4v) is 1.45. The number of carbonyl (C=O) groups is 1. The summed E-state index contributed by atoms with van der Waals surface area (Å²) >= 11 is 0. The lowest BCUT2D eigenvalue weighted by molar-refractivity contribution is 0.0524. The molecule has 0 saturated carbocycles. The lowest BCUT2D eigenvalue weighted by Crippen LogP contribution is -2.12. The van der Waals surface area contributed by atoms with Crippen molar-refractivity contribution in [2.75, 3.05) is 25.6 Å². The van der Waals surface area contributed by atoms with Gasteiger partial charge >= 0.3 is 5.97 Å². The highest BCUT2D eigenvalue weighted by atomic mass is 16.5. The summed E-state index contributed by atoms with van der Waals surface area (Å²) in [6.07, 6.45) is 0.171. The molecule has 0 saturated heterocycles. The molecule has 1 aromatic carbocycles. The molecule has 0 aromatic heterocycles. The Morgan fingerprint density at radius 2 is 2.05 bits per heavy atom. The predicted molar refractivity (Wildman–Crippen MR) is 73.4 cm³/mol. The van der Waals surface area contributed by atoms with Gasteiger partial charge in [-0.05, 0) is 39.0 Å². The maximum absolute atomic E-state index is 11.7. The van der Waals surface area contributed by atoms with Gasteiger partial charge in [0.15, 0.2) is 0 Å². The first kappa shape index (κ1) is 15.3. The Labute approximate surface area is 113 Å². The van der Waals surface area contributed by atoms with Crippen molar-refractivity contribution in [2.24, 2.45) is 0 Å². The Bertz CT molecular complexity index is 418. The molecule has 0 aliphatic rings. The monoisotopic (exact) mass is 267 g/mol. The van der Waals surface area contributed by atoms with E-state index in [1.807, 2.05) is 13.8 Å². The highest BCUT2D eigenvalue weighted by Crippen LogP contribution is 2.20. The Morgan fingerprint density at radius 1 is 1.32 bits per heavy atom. The third kappa shape index (κ3) is 5.18. The van der Waals surface area contributed by atoms with E-state index in [0.29, 0.717) is 36.8 Å². The molecule has 106 valence electrons. The summed E-state index contributed by atoms with van der Waals surface area (Å²) < 4.78 is 15.8. The van der Waals surface area contributed by atoms with Crippen molar-refractivity contribution in [3.05, 3.63) is 23.8 Å². The van der Waals surface area contributed by atoms with E-state index in [1.165, 1.54) is 0 Å². The quantitative estimate of drug-likeness (QED) is 0.466. The number of benzene rings is 1. The molecular weight excluding hydrogens is 246 g/mol. The van der Waals surface area contributed by atoms with Crippen LogP contribution in [0.1, 0.15) is 31.1 Å². The molecule has 0 spiro atoms. The second-order valence-electron chi connectivity index (χ2n) is 4.24. The van der Waals surface area contributed by atoms with E-state index in [0.717, 1.165) is 0 Å². The Morgan fingerprint density at radius 3 is 2.68 bits per heavy atom. The van der Waals surface area contributed by atoms with Gasteiger partial charge < -0.3 is 19.9 Å². The third-order valence-electron chi connectivity index (χ3n) is 2.32. The van der Waals surface area contributed by atoms with Crippen molar-refractivity contribution in [3.63, 3.8) is 0 Å². The molecule has 0 amide bonds. The molecule has 2 N–H and O–H groups in total. The van der Waals surface area contributed by atoms with Crippen LogP contribution in [-0.4, -0.2) is 31.9 Å². The van der Waals surface area contributed by atoms with Crippen LogP contribution in [0.25, 0.3) is 0 Å². The van der Waals surface area contributed by atoms with Gasteiger partial charge in [-0.2, -0.15) is 0 Å². The van der Waals surface area contributed by atoms with Crippen LogP contribution in [0.3, 0.4) is 0 Å². The number of hydrogen-bond acceptors (Lipinski definition) is 5. The highest BCUT2D eigenvalue weighted by molar-refractivity contribution is 5.95. The van der Waals surface area contributed by atoms with E-state index in [-0.39, 0.29) is 6.10 Å². The minimum absolute atomic E-state index is 0.171. The van der Waals surface area contributed by atoms with Crippen LogP contribution >= 0.6 is 0 Å². The third-order valence-corrected chi connectivity index (χ3v) is 2.32. The van der Waals surface area contributed by atoms with Crippen LogP contribution in [0.2, 0.25) is 0 Å². The number of nitrogen functional groups attached to an aromatic ring is 1. The van der Waals surface area contributed by atoms with Crippen LogP contribution in [0.5, 0.6) is 5.75 Å². The number of anilines is 1.